The molecule has 0 aliphatic heterocycles. The highest BCUT2D eigenvalue weighted by Gasteiger charge is 2.24. The largest absolute Gasteiger partial charge is 0.455 e. The molecule has 0 aliphatic carbocycles. The minimum atomic E-state index is 0.898. The molecule has 0 N–H and O–H groups in total. The summed E-state index contributed by atoms with van der Waals surface area (Å²) in [6.07, 6.45) is 0. The van der Waals surface area contributed by atoms with Gasteiger partial charge in [-0.1, -0.05) is 206 Å². The van der Waals surface area contributed by atoms with Crippen molar-refractivity contribution >= 4 is 60.5 Å². The van der Waals surface area contributed by atoms with Crippen molar-refractivity contribution in [3.63, 3.8) is 0 Å². The third-order valence-electron chi connectivity index (χ3n) is 12.7. The average molecular weight is 816 g/mol. The first-order valence-corrected chi connectivity index (χ1v) is 21.9. The number of hydrogen-bond donors (Lipinski definition) is 0. The van der Waals surface area contributed by atoms with Gasteiger partial charge in [0.05, 0.1) is 5.69 Å². The molecule has 0 bridgehead atoms. The number of fused-ring (bicyclic) bond motifs is 6. The standard InChI is InChI=1S/C62H41NO/c1-3-16-42(17-4-1)46-20-13-21-47(40-46)44-32-36-50(37-33-44)63(51-38-34-45(35-39-51)52-29-15-30-58-55-26-11-12-31-59(55)64-62(52)58)61-57-28-10-8-25-54(57)53-24-7-9-27-56(53)60(61)49-23-14-22-48(41-49)43-18-5-2-6-19-43/h1-41H. The van der Waals surface area contributed by atoms with Gasteiger partial charge in [-0.15, -0.1) is 0 Å². The predicted molar refractivity (Wildman–Crippen MR) is 271 cm³/mol. The van der Waals surface area contributed by atoms with Crippen LogP contribution in [-0.2, 0) is 0 Å². The van der Waals surface area contributed by atoms with Crippen molar-refractivity contribution in [3.8, 4) is 55.6 Å². The van der Waals surface area contributed by atoms with Crippen LogP contribution < -0.4 is 4.90 Å². The smallest absolute Gasteiger partial charge is 0.143 e. The second-order valence-corrected chi connectivity index (χ2v) is 16.4. The van der Waals surface area contributed by atoms with Gasteiger partial charge in [-0.3, -0.25) is 0 Å². The van der Waals surface area contributed by atoms with Gasteiger partial charge >= 0.3 is 0 Å². The Morgan fingerprint density at radius 1 is 0.266 bits per heavy atom. The van der Waals surface area contributed by atoms with Gasteiger partial charge in [-0.2, -0.15) is 0 Å². The Morgan fingerprint density at radius 2 is 0.688 bits per heavy atom. The van der Waals surface area contributed by atoms with E-state index < -0.39 is 0 Å². The molecule has 300 valence electrons. The quantitative estimate of drug-likeness (QED) is 0.142. The van der Waals surface area contributed by atoms with Gasteiger partial charge in [0, 0.05) is 38.7 Å². The summed E-state index contributed by atoms with van der Waals surface area (Å²) in [6.45, 7) is 0. The molecule has 12 aromatic rings. The fourth-order valence-corrected chi connectivity index (χ4v) is 9.62. The van der Waals surface area contributed by atoms with E-state index in [-0.39, 0.29) is 0 Å². The summed E-state index contributed by atoms with van der Waals surface area (Å²) in [7, 11) is 0. The number of anilines is 3. The van der Waals surface area contributed by atoms with E-state index in [1.165, 1.54) is 54.9 Å². The number of benzene rings is 11. The lowest BCUT2D eigenvalue weighted by atomic mass is 9.88. The zero-order valence-corrected chi connectivity index (χ0v) is 35.0. The fraction of sp³-hybridized carbons (Fsp3) is 0. The molecule has 1 heterocycles. The van der Waals surface area contributed by atoms with Crippen LogP contribution in [0.5, 0.6) is 0 Å². The van der Waals surface area contributed by atoms with Gasteiger partial charge in [-0.25, -0.2) is 0 Å². The highest BCUT2D eigenvalue weighted by Crippen LogP contribution is 2.50. The molecule has 64 heavy (non-hydrogen) atoms. The van der Waals surface area contributed by atoms with Crippen molar-refractivity contribution in [1.82, 2.24) is 0 Å². The van der Waals surface area contributed by atoms with Gasteiger partial charge in [0.25, 0.3) is 0 Å². The lowest BCUT2D eigenvalue weighted by molar-refractivity contribution is 0.670. The van der Waals surface area contributed by atoms with Crippen molar-refractivity contribution in [2.45, 2.75) is 0 Å². The number of furan rings is 1. The second-order valence-electron chi connectivity index (χ2n) is 16.4. The van der Waals surface area contributed by atoms with Crippen LogP contribution in [0.3, 0.4) is 0 Å². The van der Waals surface area contributed by atoms with Crippen LogP contribution in [0.1, 0.15) is 0 Å². The van der Waals surface area contributed by atoms with E-state index >= 15 is 0 Å². The zero-order valence-electron chi connectivity index (χ0n) is 35.0. The lowest BCUT2D eigenvalue weighted by Gasteiger charge is -2.31. The SMILES string of the molecule is c1ccc(-c2cccc(-c3ccc(N(c4ccc(-c5cccc6c5oc5ccccc56)cc4)c4c(-c5cccc(-c6ccccc6)c5)c5ccccc5c5ccccc45)cc3)c2)cc1. The first-order chi connectivity index (χ1) is 31.7. The molecule has 2 nitrogen and oxygen atoms in total. The van der Waals surface area contributed by atoms with E-state index in [1.807, 2.05) is 12.1 Å². The molecule has 2 heteroatoms. The molecular formula is C62H41NO. The third kappa shape index (κ3) is 6.52. The molecule has 0 saturated heterocycles. The topological polar surface area (TPSA) is 16.4 Å². The molecule has 0 amide bonds. The van der Waals surface area contributed by atoms with Gasteiger partial charge in [0.1, 0.15) is 11.2 Å². The van der Waals surface area contributed by atoms with E-state index in [0.29, 0.717) is 0 Å². The van der Waals surface area contributed by atoms with Crippen molar-refractivity contribution in [2.75, 3.05) is 4.90 Å². The van der Waals surface area contributed by atoms with Gasteiger partial charge in [0.2, 0.25) is 0 Å². The lowest BCUT2D eigenvalue weighted by Crippen LogP contribution is -2.12. The molecule has 0 fully saturated rings. The number of para-hydroxylation sites is 2. The Kier molecular flexibility index (Phi) is 9.20. The maximum Gasteiger partial charge on any atom is 0.143 e. The fourth-order valence-electron chi connectivity index (χ4n) is 9.62. The highest BCUT2D eigenvalue weighted by molar-refractivity contribution is 6.22. The minimum absolute atomic E-state index is 0.898. The van der Waals surface area contributed by atoms with E-state index in [4.69, 9.17) is 4.42 Å². The number of rotatable bonds is 8. The van der Waals surface area contributed by atoms with Crippen LogP contribution in [0, 0.1) is 0 Å². The molecule has 1 aromatic heterocycles. The molecule has 0 aliphatic rings. The van der Waals surface area contributed by atoms with Gasteiger partial charge in [-0.05, 0) is 103 Å². The van der Waals surface area contributed by atoms with Crippen molar-refractivity contribution in [2.24, 2.45) is 0 Å². The van der Waals surface area contributed by atoms with Crippen LogP contribution in [-0.4, -0.2) is 0 Å². The van der Waals surface area contributed by atoms with Crippen LogP contribution in [0.2, 0.25) is 0 Å². The first kappa shape index (κ1) is 37.3. The molecular weight excluding hydrogens is 775 g/mol. The van der Waals surface area contributed by atoms with Gasteiger partial charge in [0.15, 0.2) is 0 Å². The number of nitrogens with zero attached hydrogens (tertiary/aromatic N) is 1. The van der Waals surface area contributed by atoms with Crippen LogP contribution in [0.15, 0.2) is 253 Å². The summed E-state index contributed by atoms with van der Waals surface area (Å²) in [5, 5.41) is 7.07. The predicted octanol–water partition coefficient (Wildman–Crippen LogP) is 17.7. The zero-order chi connectivity index (χ0) is 42.4. The maximum absolute atomic E-state index is 6.52. The normalized spacial score (nSPS) is 11.4. The summed E-state index contributed by atoms with van der Waals surface area (Å²) >= 11 is 0. The molecule has 11 aromatic carbocycles. The summed E-state index contributed by atoms with van der Waals surface area (Å²) in [4.78, 5) is 2.47. The van der Waals surface area contributed by atoms with Crippen LogP contribution in [0.25, 0.3) is 99.1 Å². The van der Waals surface area contributed by atoms with E-state index in [9.17, 15) is 0 Å². The number of hydrogen-bond acceptors (Lipinski definition) is 2. The monoisotopic (exact) mass is 815 g/mol. The van der Waals surface area contributed by atoms with Crippen LogP contribution in [0.4, 0.5) is 17.1 Å². The summed E-state index contributed by atoms with van der Waals surface area (Å²) in [6, 6.07) is 89.8. The molecule has 0 spiro atoms. The van der Waals surface area contributed by atoms with Crippen molar-refractivity contribution in [1.29, 1.82) is 0 Å². The van der Waals surface area contributed by atoms with Gasteiger partial charge < -0.3 is 9.32 Å². The Bertz CT molecular complexity index is 3640. The van der Waals surface area contributed by atoms with E-state index in [0.717, 1.165) is 61.3 Å². The van der Waals surface area contributed by atoms with E-state index in [2.05, 4.69) is 241 Å². The Hall–Kier alpha value is -8.46. The van der Waals surface area contributed by atoms with Crippen molar-refractivity contribution in [3.05, 3.63) is 249 Å². The highest BCUT2D eigenvalue weighted by atomic mass is 16.3. The third-order valence-corrected chi connectivity index (χ3v) is 12.7. The summed E-state index contributed by atoms with van der Waals surface area (Å²) < 4.78 is 6.52. The summed E-state index contributed by atoms with van der Waals surface area (Å²) in [5.41, 5.74) is 16.7. The Morgan fingerprint density at radius 3 is 1.31 bits per heavy atom. The van der Waals surface area contributed by atoms with Crippen molar-refractivity contribution < 1.29 is 4.42 Å². The molecule has 12 rings (SSSR count). The van der Waals surface area contributed by atoms with Crippen LogP contribution >= 0.6 is 0 Å². The molecule has 0 unspecified atom stereocenters. The minimum Gasteiger partial charge on any atom is -0.455 e. The maximum atomic E-state index is 6.52. The molecule has 0 saturated carbocycles. The molecule has 0 atom stereocenters. The summed E-state index contributed by atoms with van der Waals surface area (Å²) in [5.74, 6) is 0. The Balaban J connectivity index is 1.08. The average Bonchev–Trinajstić information content (AvgIpc) is 3.77. The Labute approximate surface area is 372 Å². The first-order valence-electron chi connectivity index (χ1n) is 21.9. The van der Waals surface area contributed by atoms with E-state index in [1.54, 1.807) is 0 Å². The second kappa shape index (κ2) is 15.8. The molecule has 0 radical (unpaired) electrons.